The second-order valence-electron chi connectivity index (χ2n) is 6.00. The van der Waals surface area contributed by atoms with Crippen molar-refractivity contribution in [1.82, 2.24) is 10.2 Å². The first-order chi connectivity index (χ1) is 9.86. The highest BCUT2D eigenvalue weighted by Gasteiger charge is 2.25. The number of allylic oxidation sites excluding steroid dienone is 2. The van der Waals surface area contributed by atoms with Crippen molar-refractivity contribution in [2.45, 2.75) is 64.2 Å². The first kappa shape index (κ1) is 13.6. The van der Waals surface area contributed by atoms with E-state index in [0.717, 1.165) is 18.5 Å². The van der Waals surface area contributed by atoms with Gasteiger partial charge in [0.25, 0.3) is 0 Å². The molecule has 0 aliphatic heterocycles. The Morgan fingerprint density at radius 2 is 1.60 bits per heavy atom. The standard InChI is InChI=1S/C10H16N4.C6H8/c11-12-10-7-8-5-3-1-2-4-6-9(8)13-14-10;1-2-5-4-6(5)3-1/h7H,1-6,11H2,(H,12,14);1-4H2. The van der Waals surface area contributed by atoms with Gasteiger partial charge in [0.15, 0.2) is 5.82 Å². The molecule has 4 rings (SSSR count). The number of aromatic nitrogens is 2. The summed E-state index contributed by atoms with van der Waals surface area (Å²) in [6.45, 7) is 0. The van der Waals surface area contributed by atoms with Gasteiger partial charge in [-0.15, -0.1) is 5.10 Å². The average molecular weight is 272 g/mol. The average Bonchev–Trinajstić information content (AvgIpc) is 3.06. The summed E-state index contributed by atoms with van der Waals surface area (Å²) in [6.07, 6.45) is 13.1. The van der Waals surface area contributed by atoms with Gasteiger partial charge in [-0.1, -0.05) is 24.0 Å². The fourth-order valence-electron chi connectivity index (χ4n) is 3.17. The van der Waals surface area contributed by atoms with Crippen LogP contribution in [0.25, 0.3) is 0 Å². The van der Waals surface area contributed by atoms with Gasteiger partial charge in [0, 0.05) is 0 Å². The predicted octanol–water partition coefficient (Wildman–Crippen LogP) is 3.29. The lowest BCUT2D eigenvalue weighted by Gasteiger charge is -2.12. The van der Waals surface area contributed by atoms with Gasteiger partial charge in [0.05, 0.1) is 5.69 Å². The number of hydrogen-bond donors (Lipinski definition) is 2. The van der Waals surface area contributed by atoms with E-state index in [1.807, 2.05) is 6.07 Å². The molecule has 4 heteroatoms. The number of anilines is 1. The Morgan fingerprint density at radius 1 is 0.850 bits per heavy atom. The fraction of sp³-hybridized carbons (Fsp3) is 0.625. The molecule has 1 heterocycles. The molecule has 1 aromatic heterocycles. The molecule has 0 bridgehead atoms. The maximum absolute atomic E-state index is 5.30. The lowest BCUT2D eigenvalue weighted by Crippen LogP contribution is -2.12. The Kier molecular flexibility index (Phi) is 4.31. The lowest BCUT2D eigenvalue weighted by atomic mass is 9.98. The third-order valence-corrected chi connectivity index (χ3v) is 4.48. The third-order valence-electron chi connectivity index (χ3n) is 4.48. The van der Waals surface area contributed by atoms with E-state index in [2.05, 4.69) is 15.6 Å². The number of aryl methyl sites for hydroxylation is 2. The minimum atomic E-state index is 0.671. The number of hydrogen-bond acceptors (Lipinski definition) is 4. The topological polar surface area (TPSA) is 63.8 Å². The van der Waals surface area contributed by atoms with E-state index in [1.165, 1.54) is 56.9 Å². The Balaban J connectivity index is 0.000000165. The van der Waals surface area contributed by atoms with E-state index >= 15 is 0 Å². The van der Waals surface area contributed by atoms with Crippen molar-refractivity contribution in [2.75, 3.05) is 5.43 Å². The van der Waals surface area contributed by atoms with E-state index in [0.29, 0.717) is 5.82 Å². The molecule has 0 spiro atoms. The summed E-state index contributed by atoms with van der Waals surface area (Å²) in [7, 11) is 0. The molecule has 3 N–H and O–H groups in total. The minimum absolute atomic E-state index is 0.671. The van der Waals surface area contributed by atoms with Crippen LogP contribution in [0.3, 0.4) is 0 Å². The highest BCUT2D eigenvalue weighted by Crippen LogP contribution is 2.44. The summed E-state index contributed by atoms with van der Waals surface area (Å²) < 4.78 is 0. The van der Waals surface area contributed by atoms with E-state index in [4.69, 9.17) is 5.84 Å². The van der Waals surface area contributed by atoms with E-state index < -0.39 is 0 Å². The molecule has 20 heavy (non-hydrogen) atoms. The Hall–Kier alpha value is -1.42. The molecule has 3 aliphatic rings. The number of nitrogens with two attached hydrogens (primary N) is 1. The first-order valence-corrected chi connectivity index (χ1v) is 7.88. The van der Waals surface area contributed by atoms with Crippen molar-refractivity contribution >= 4 is 5.82 Å². The second kappa shape index (κ2) is 6.35. The van der Waals surface area contributed by atoms with Crippen molar-refractivity contribution < 1.29 is 0 Å². The van der Waals surface area contributed by atoms with E-state index in [9.17, 15) is 0 Å². The van der Waals surface area contributed by atoms with Crippen molar-refractivity contribution in [3.63, 3.8) is 0 Å². The summed E-state index contributed by atoms with van der Waals surface area (Å²) in [5, 5.41) is 8.20. The van der Waals surface area contributed by atoms with E-state index in [-0.39, 0.29) is 0 Å². The van der Waals surface area contributed by atoms with Gasteiger partial charge in [-0.05, 0) is 63.0 Å². The van der Waals surface area contributed by atoms with Crippen LogP contribution < -0.4 is 11.3 Å². The van der Waals surface area contributed by atoms with Crippen molar-refractivity contribution in [1.29, 1.82) is 0 Å². The van der Waals surface area contributed by atoms with Crippen LogP contribution >= 0.6 is 0 Å². The highest BCUT2D eigenvalue weighted by molar-refractivity contribution is 5.38. The molecule has 0 radical (unpaired) electrons. The molecule has 108 valence electrons. The second-order valence-corrected chi connectivity index (χ2v) is 6.00. The Bertz CT molecular complexity index is 495. The molecule has 0 unspecified atom stereocenters. The van der Waals surface area contributed by atoms with Crippen LogP contribution in [-0.4, -0.2) is 10.2 Å². The molecule has 0 saturated heterocycles. The molecule has 0 aromatic carbocycles. The quantitative estimate of drug-likeness (QED) is 0.468. The molecule has 1 aromatic rings. The molecule has 4 nitrogen and oxygen atoms in total. The van der Waals surface area contributed by atoms with Gasteiger partial charge in [-0.25, -0.2) is 5.84 Å². The number of nitrogen functional groups attached to an aromatic ring is 1. The third kappa shape index (κ3) is 3.37. The van der Waals surface area contributed by atoms with Gasteiger partial charge in [0.1, 0.15) is 0 Å². The van der Waals surface area contributed by atoms with Crippen LogP contribution in [-0.2, 0) is 12.8 Å². The van der Waals surface area contributed by atoms with Crippen LogP contribution in [0.15, 0.2) is 17.2 Å². The Labute approximate surface area is 120 Å². The van der Waals surface area contributed by atoms with Gasteiger partial charge in [-0.2, -0.15) is 5.10 Å². The minimum Gasteiger partial charge on any atom is -0.307 e. The van der Waals surface area contributed by atoms with Gasteiger partial charge in [-0.3, -0.25) is 0 Å². The van der Waals surface area contributed by atoms with Crippen molar-refractivity contribution in [3.8, 4) is 0 Å². The number of rotatable bonds is 1. The fourth-order valence-corrected chi connectivity index (χ4v) is 3.17. The zero-order chi connectivity index (χ0) is 13.8. The van der Waals surface area contributed by atoms with Crippen LogP contribution in [0.1, 0.15) is 62.6 Å². The number of nitrogens with one attached hydrogen (secondary N) is 1. The monoisotopic (exact) mass is 272 g/mol. The number of fused-ring (bicyclic) bond motifs is 1. The van der Waals surface area contributed by atoms with E-state index in [1.54, 1.807) is 11.1 Å². The molecule has 0 saturated carbocycles. The van der Waals surface area contributed by atoms with Crippen LogP contribution in [0.2, 0.25) is 0 Å². The lowest BCUT2D eigenvalue weighted by molar-refractivity contribution is 0.603. The Morgan fingerprint density at radius 3 is 2.20 bits per heavy atom. The number of hydrazine groups is 1. The smallest absolute Gasteiger partial charge is 0.162 e. The summed E-state index contributed by atoms with van der Waals surface area (Å²) >= 11 is 0. The zero-order valence-electron chi connectivity index (χ0n) is 12.1. The normalized spacial score (nSPS) is 20.1. The van der Waals surface area contributed by atoms with Gasteiger partial charge >= 0.3 is 0 Å². The van der Waals surface area contributed by atoms with Gasteiger partial charge in [0.2, 0.25) is 0 Å². The van der Waals surface area contributed by atoms with Crippen molar-refractivity contribution in [2.24, 2.45) is 5.84 Å². The molecular formula is C16H24N4. The van der Waals surface area contributed by atoms with Crippen molar-refractivity contribution in [3.05, 3.63) is 28.5 Å². The molecular weight excluding hydrogens is 248 g/mol. The van der Waals surface area contributed by atoms with Crippen LogP contribution in [0, 0.1) is 0 Å². The van der Waals surface area contributed by atoms with Gasteiger partial charge < -0.3 is 5.43 Å². The SMILES string of the molecule is C1CC2=C(C1)C2.NNc1cc2c(nn1)CCCCCC2. The molecule has 3 aliphatic carbocycles. The molecule has 0 amide bonds. The summed E-state index contributed by atoms with van der Waals surface area (Å²) in [5.74, 6) is 5.97. The summed E-state index contributed by atoms with van der Waals surface area (Å²) in [5.41, 5.74) is 8.58. The van der Waals surface area contributed by atoms with Crippen LogP contribution in [0.4, 0.5) is 5.82 Å². The summed E-state index contributed by atoms with van der Waals surface area (Å²) in [4.78, 5) is 0. The predicted molar refractivity (Wildman–Crippen MR) is 81.2 cm³/mol. The first-order valence-electron chi connectivity index (χ1n) is 7.88. The molecule has 0 fully saturated rings. The maximum atomic E-state index is 5.30. The molecule has 0 atom stereocenters. The van der Waals surface area contributed by atoms with Crippen LogP contribution in [0.5, 0.6) is 0 Å². The maximum Gasteiger partial charge on any atom is 0.162 e. The number of nitrogens with zero attached hydrogens (tertiary/aromatic N) is 2. The largest absolute Gasteiger partial charge is 0.307 e. The summed E-state index contributed by atoms with van der Waals surface area (Å²) in [6, 6.07) is 2.02. The zero-order valence-corrected chi connectivity index (χ0v) is 12.1. The highest BCUT2D eigenvalue weighted by atomic mass is 15.3.